The third kappa shape index (κ3) is 4.07. The van der Waals surface area contributed by atoms with Crippen LogP contribution in [0.5, 0.6) is 0 Å². The molecule has 1 N–H and O–H groups in total. The maximum Gasteiger partial charge on any atom is 0.245 e. The number of nitrogens with zero attached hydrogens (tertiary/aromatic N) is 3. The lowest BCUT2D eigenvalue weighted by Crippen LogP contribution is -2.41. The first kappa shape index (κ1) is 21.5. The molecule has 1 aliphatic rings. The van der Waals surface area contributed by atoms with Crippen LogP contribution in [0.4, 0.5) is 5.69 Å². The second kappa shape index (κ2) is 8.76. The lowest BCUT2D eigenvalue weighted by molar-refractivity contribution is -0.120. The van der Waals surface area contributed by atoms with Crippen molar-refractivity contribution in [2.24, 2.45) is 5.92 Å². The number of aromatic nitrogens is 2. The number of hydrogen-bond acceptors (Lipinski definition) is 6. The van der Waals surface area contributed by atoms with Gasteiger partial charge >= 0.3 is 0 Å². The molecule has 8 nitrogen and oxygen atoms in total. The minimum absolute atomic E-state index is 0.0459. The summed E-state index contributed by atoms with van der Waals surface area (Å²) in [6.45, 7) is 4.69. The lowest BCUT2D eigenvalue weighted by atomic mass is 9.96. The van der Waals surface area contributed by atoms with Gasteiger partial charge in [0.2, 0.25) is 15.9 Å². The largest absolute Gasteiger partial charge is 0.325 e. The lowest BCUT2D eigenvalue weighted by Gasteiger charge is -2.30. The van der Waals surface area contributed by atoms with Crippen LogP contribution in [-0.2, 0) is 27.7 Å². The van der Waals surface area contributed by atoms with Gasteiger partial charge in [-0.2, -0.15) is 4.31 Å². The molecule has 164 valence electrons. The van der Waals surface area contributed by atoms with Crippen LogP contribution in [0.2, 0.25) is 0 Å². The van der Waals surface area contributed by atoms with Crippen molar-refractivity contribution in [2.45, 2.75) is 44.4 Å². The van der Waals surface area contributed by atoms with Gasteiger partial charge in [0, 0.05) is 24.7 Å². The van der Waals surface area contributed by atoms with Crippen LogP contribution in [0.25, 0.3) is 11.0 Å². The van der Waals surface area contributed by atoms with Gasteiger partial charge in [0.1, 0.15) is 10.4 Å². The number of anilines is 1. The molecule has 1 aromatic heterocycles. The average molecular weight is 443 g/mol. The first-order chi connectivity index (χ1) is 15.0. The van der Waals surface area contributed by atoms with Gasteiger partial charge in [-0.15, -0.1) is 0 Å². The zero-order valence-corrected chi connectivity index (χ0v) is 18.5. The number of carbonyl (C=O) groups excluding carboxylic acids is 1. The summed E-state index contributed by atoms with van der Waals surface area (Å²) < 4.78 is 32.4. The van der Waals surface area contributed by atoms with E-state index < -0.39 is 10.0 Å². The van der Waals surface area contributed by atoms with Crippen molar-refractivity contribution in [2.75, 3.05) is 18.4 Å². The van der Waals surface area contributed by atoms with E-state index in [4.69, 9.17) is 4.63 Å². The Morgan fingerprint density at radius 3 is 2.35 bits per heavy atom. The third-order valence-corrected chi connectivity index (χ3v) is 7.87. The molecule has 1 amide bonds. The summed E-state index contributed by atoms with van der Waals surface area (Å²) in [6.07, 6.45) is 2.60. The molecule has 4 rings (SSSR count). The number of fused-ring (bicyclic) bond motifs is 1. The Morgan fingerprint density at radius 2 is 1.71 bits per heavy atom. The molecular formula is C22H26N4O4S. The van der Waals surface area contributed by atoms with E-state index in [2.05, 4.69) is 29.5 Å². The normalized spacial score (nSPS) is 15.9. The minimum Gasteiger partial charge on any atom is -0.325 e. The van der Waals surface area contributed by atoms with E-state index in [-0.39, 0.29) is 35.3 Å². The fraction of sp³-hybridized carbons (Fsp3) is 0.409. The highest BCUT2D eigenvalue weighted by Gasteiger charge is 2.34. The molecule has 9 heteroatoms. The molecule has 1 fully saturated rings. The number of piperidine rings is 1. The van der Waals surface area contributed by atoms with Gasteiger partial charge in [0.25, 0.3) is 0 Å². The van der Waals surface area contributed by atoms with Crippen LogP contribution in [0.15, 0.2) is 45.9 Å². The van der Waals surface area contributed by atoms with Gasteiger partial charge in [-0.25, -0.2) is 13.0 Å². The monoisotopic (exact) mass is 442 g/mol. The Hall–Kier alpha value is -2.78. The fourth-order valence-electron chi connectivity index (χ4n) is 4.12. The van der Waals surface area contributed by atoms with Crippen LogP contribution >= 0.6 is 0 Å². The summed E-state index contributed by atoms with van der Waals surface area (Å²) in [5.41, 5.74) is 3.75. The Kier molecular flexibility index (Phi) is 6.06. The Morgan fingerprint density at radius 1 is 1.06 bits per heavy atom. The summed E-state index contributed by atoms with van der Waals surface area (Å²) in [4.78, 5) is 13.0. The summed E-state index contributed by atoms with van der Waals surface area (Å²) in [7, 11) is -3.75. The molecule has 1 aliphatic heterocycles. The molecule has 0 unspecified atom stereocenters. The van der Waals surface area contributed by atoms with Crippen molar-refractivity contribution in [3.8, 4) is 0 Å². The Labute approximate surface area is 181 Å². The minimum atomic E-state index is -3.75. The molecule has 0 spiro atoms. The SMILES string of the molecule is CCc1cccc(CC)c1NC(=O)C1CCN(S(=O)(=O)c2cccc3nonc23)CC1. The molecule has 0 atom stereocenters. The highest BCUT2D eigenvalue weighted by Crippen LogP contribution is 2.29. The number of aryl methyl sites for hydroxylation is 2. The number of amides is 1. The number of sulfonamides is 1. The molecule has 2 heterocycles. The fourth-order valence-corrected chi connectivity index (χ4v) is 5.72. The molecule has 2 aromatic carbocycles. The van der Waals surface area contributed by atoms with Gasteiger partial charge < -0.3 is 5.32 Å². The number of carbonyl (C=O) groups is 1. The second-order valence-electron chi connectivity index (χ2n) is 7.71. The number of hydrogen-bond donors (Lipinski definition) is 1. The average Bonchev–Trinajstić information content (AvgIpc) is 3.28. The standard InChI is InChI=1S/C22H26N4O4S/c1-3-15-7-5-8-16(4-2)20(15)23-22(27)17-11-13-26(14-12-17)31(28,29)19-10-6-9-18-21(19)25-30-24-18/h5-10,17H,3-4,11-14H2,1-2H3,(H,23,27). The molecule has 31 heavy (non-hydrogen) atoms. The number of para-hydroxylation sites is 1. The molecular weight excluding hydrogens is 416 g/mol. The van der Waals surface area contributed by atoms with Crippen molar-refractivity contribution < 1.29 is 17.8 Å². The molecule has 0 saturated carbocycles. The number of rotatable bonds is 6. The van der Waals surface area contributed by atoms with Gasteiger partial charge in [-0.1, -0.05) is 38.1 Å². The van der Waals surface area contributed by atoms with Crippen molar-refractivity contribution in [1.82, 2.24) is 14.6 Å². The highest BCUT2D eigenvalue weighted by molar-refractivity contribution is 7.89. The smallest absolute Gasteiger partial charge is 0.245 e. The predicted molar refractivity (Wildman–Crippen MR) is 117 cm³/mol. The summed E-state index contributed by atoms with van der Waals surface area (Å²) >= 11 is 0. The molecule has 0 radical (unpaired) electrons. The van der Waals surface area contributed by atoms with Crippen LogP contribution in [0.3, 0.4) is 0 Å². The zero-order chi connectivity index (χ0) is 22.0. The maximum atomic E-state index is 13.1. The summed E-state index contributed by atoms with van der Waals surface area (Å²) in [5, 5.41) is 10.6. The second-order valence-corrected chi connectivity index (χ2v) is 9.62. The first-order valence-electron chi connectivity index (χ1n) is 10.6. The maximum absolute atomic E-state index is 13.1. The first-order valence-corrected chi connectivity index (χ1v) is 12.0. The van der Waals surface area contributed by atoms with E-state index >= 15 is 0 Å². The molecule has 3 aromatic rings. The zero-order valence-electron chi connectivity index (χ0n) is 17.7. The molecule has 0 aliphatic carbocycles. The van der Waals surface area contributed by atoms with E-state index in [1.165, 1.54) is 10.4 Å². The van der Waals surface area contributed by atoms with Crippen molar-refractivity contribution in [3.63, 3.8) is 0 Å². The number of benzene rings is 2. The van der Waals surface area contributed by atoms with Crippen LogP contribution < -0.4 is 5.32 Å². The van der Waals surface area contributed by atoms with Crippen molar-refractivity contribution in [3.05, 3.63) is 47.5 Å². The Bertz CT molecular complexity index is 1170. The third-order valence-electron chi connectivity index (χ3n) is 5.94. The predicted octanol–water partition coefficient (Wildman–Crippen LogP) is 3.39. The highest BCUT2D eigenvalue weighted by atomic mass is 32.2. The van der Waals surface area contributed by atoms with E-state index in [0.29, 0.717) is 18.4 Å². The summed E-state index contributed by atoms with van der Waals surface area (Å²) in [6, 6.07) is 10.9. The topological polar surface area (TPSA) is 105 Å². The van der Waals surface area contributed by atoms with Gasteiger partial charge in [0.05, 0.1) is 0 Å². The van der Waals surface area contributed by atoms with Crippen molar-refractivity contribution >= 4 is 32.7 Å². The number of nitrogens with one attached hydrogen (secondary N) is 1. The Balaban J connectivity index is 1.47. The van der Waals surface area contributed by atoms with Crippen LogP contribution in [0.1, 0.15) is 37.8 Å². The summed E-state index contributed by atoms with van der Waals surface area (Å²) in [5.74, 6) is -0.277. The van der Waals surface area contributed by atoms with Crippen molar-refractivity contribution in [1.29, 1.82) is 0 Å². The van der Waals surface area contributed by atoms with Crippen LogP contribution in [-0.4, -0.2) is 42.0 Å². The van der Waals surface area contributed by atoms with E-state index in [0.717, 1.165) is 29.7 Å². The molecule has 1 saturated heterocycles. The van der Waals surface area contributed by atoms with E-state index in [1.807, 2.05) is 18.2 Å². The quantitative estimate of drug-likeness (QED) is 0.627. The van der Waals surface area contributed by atoms with Gasteiger partial charge in [0.15, 0.2) is 5.52 Å². The van der Waals surface area contributed by atoms with Gasteiger partial charge in [-0.05, 0) is 59.3 Å². The molecule has 0 bridgehead atoms. The van der Waals surface area contributed by atoms with E-state index in [9.17, 15) is 13.2 Å². The van der Waals surface area contributed by atoms with Crippen LogP contribution in [0, 0.1) is 5.92 Å². The van der Waals surface area contributed by atoms with Gasteiger partial charge in [-0.3, -0.25) is 4.79 Å². The van der Waals surface area contributed by atoms with E-state index in [1.54, 1.807) is 12.1 Å².